The highest BCUT2D eigenvalue weighted by molar-refractivity contribution is 7.86. The van der Waals surface area contributed by atoms with Crippen LogP contribution in [0.3, 0.4) is 0 Å². The summed E-state index contributed by atoms with van der Waals surface area (Å²) in [6.07, 6.45) is 0. The Bertz CT molecular complexity index is 480. The number of rotatable bonds is 3. The fraction of sp³-hybridized carbons (Fsp3) is 0.143. The lowest BCUT2D eigenvalue weighted by Gasteiger charge is -2.09. The Labute approximate surface area is 88.6 Å². The number of hydrogen-bond donors (Lipinski definition) is 3. The molecule has 0 spiro atoms. The van der Waals surface area contributed by atoms with Crippen LogP contribution in [0.5, 0.6) is 0 Å². The highest BCUT2D eigenvalue weighted by Gasteiger charge is 2.23. The van der Waals surface area contributed by atoms with Gasteiger partial charge >= 0.3 is 0 Å². The molecule has 0 saturated heterocycles. The molecular weight excluding hydrogens is 244 g/mol. The highest BCUT2D eigenvalue weighted by Crippen LogP contribution is 2.23. The van der Waals surface area contributed by atoms with Crippen molar-refractivity contribution in [2.75, 3.05) is 0 Å². The number of aliphatic hydroxyl groups is 1. The Morgan fingerprint density at radius 3 is 2.27 bits per heavy atom. The molecule has 0 fully saturated rings. The molecule has 0 aliphatic carbocycles. The smallest absolute Gasteiger partial charge is 0.294 e. The Balaban J connectivity index is 3.37. The van der Waals surface area contributed by atoms with Gasteiger partial charge in [-0.3, -0.25) is 4.55 Å². The van der Waals surface area contributed by atoms with E-state index in [1.165, 1.54) is 12.1 Å². The summed E-state index contributed by atoms with van der Waals surface area (Å²) >= 11 is -2.63. The molecule has 0 amide bonds. The summed E-state index contributed by atoms with van der Waals surface area (Å²) in [7, 11) is -4.52. The largest absolute Gasteiger partial charge is 0.373 e. The second-order valence-electron chi connectivity index (χ2n) is 2.64. The summed E-state index contributed by atoms with van der Waals surface area (Å²) < 4.78 is 49.6. The van der Waals surface area contributed by atoms with Crippen molar-refractivity contribution in [3.63, 3.8) is 0 Å². The Morgan fingerprint density at radius 1 is 1.27 bits per heavy atom. The lowest BCUT2D eigenvalue weighted by molar-refractivity contribution is 0.248. The maximum Gasteiger partial charge on any atom is 0.294 e. The lowest BCUT2D eigenvalue weighted by atomic mass is 10.2. The third-order valence-corrected chi connectivity index (χ3v) is 3.22. The molecule has 0 bridgehead atoms. The van der Waals surface area contributed by atoms with Gasteiger partial charge < -0.3 is 9.66 Å². The first-order valence-electron chi connectivity index (χ1n) is 3.68. The van der Waals surface area contributed by atoms with E-state index in [1.54, 1.807) is 0 Å². The fourth-order valence-electron chi connectivity index (χ4n) is 1.03. The molecule has 0 saturated carbocycles. The van der Waals surface area contributed by atoms with Gasteiger partial charge in [-0.15, -0.1) is 0 Å². The quantitative estimate of drug-likeness (QED) is 0.521. The Hall–Kier alpha value is -0.800. The third kappa shape index (κ3) is 2.83. The van der Waals surface area contributed by atoms with E-state index in [2.05, 4.69) is 0 Å². The van der Waals surface area contributed by atoms with Crippen LogP contribution in [0.15, 0.2) is 29.2 Å². The number of benzene rings is 1. The van der Waals surface area contributed by atoms with Crippen molar-refractivity contribution in [1.29, 1.82) is 0 Å². The van der Waals surface area contributed by atoms with Crippen molar-refractivity contribution >= 4 is 21.2 Å². The molecule has 8 heteroatoms. The molecule has 0 aromatic heterocycles. The Morgan fingerprint density at radius 2 is 1.80 bits per heavy atom. The van der Waals surface area contributed by atoms with E-state index in [1.807, 2.05) is 0 Å². The molecule has 15 heavy (non-hydrogen) atoms. The van der Waals surface area contributed by atoms with E-state index in [0.717, 1.165) is 12.1 Å². The maximum atomic E-state index is 10.8. The summed E-state index contributed by atoms with van der Waals surface area (Å²) in [4.78, 5) is -0.583. The normalized spacial score (nSPS) is 15.9. The van der Waals surface area contributed by atoms with Crippen molar-refractivity contribution in [3.05, 3.63) is 29.8 Å². The monoisotopic (exact) mass is 252 g/mol. The summed E-state index contributed by atoms with van der Waals surface area (Å²) in [6.45, 7) is 0. The van der Waals surface area contributed by atoms with Gasteiger partial charge in [-0.05, 0) is 6.07 Å². The average Bonchev–Trinajstić information content (AvgIpc) is 2.15. The van der Waals surface area contributed by atoms with Gasteiger partial charge in [0.25, 0.3) is 10.1 Å². The zero-order valence-corrected chi connectivity index (χ0v) is 8.90. The van der Waals surface area contributed by atoms with Crippen LogP contribution < -0.4 is 0 Å². The second-order valence-corrected chi connectivity index (χ2v) is 5.03. The van der Waals surface area contributed by atoms with Crippen LogP contribution in [0.25, 0.3) is 0 Å². The summed E-state index contributed by atoms with van der Waals surface area (Å²) in [5.74, 6) is 0. The molecule has 1 aromatic carbocycles. The minimum absolute atomic E-state index is 0.319. The summed E-state index contributed by atoms with van der Waals surface area (Å²) in [5.41, 5.74) is -2.19. The van der Waals surface area contributed by atoms with Gasteiger partial charge in [0, 0.05) is 5.56 Å². The first-order chi connectivity index (χ1) is 6.84. The van der Waals surface area contributed by atoms with E-state index < -0.39 is 31.5 Å². The average molecular weight is 252 g/mol. The molecule has 3 N–H and O–H groups in total. The van der Waals surface area contributed by atoms with Crippen LogP contribution in [0.2, 0.25) is 0 Å². The van der Waals surface area contributed by atoms with Crippen LogP contribution in [-0.2, 0) is 21.2 Å². The van der Waals surface area contributed by atoms with E-state index in [9.17, 15) is 17.7 Å². The summed E-state index contributed by atoms with van der Waals surface area (Å²) in [6, 6.07) is 4.86. The third-order valence-electron chi connectivity index (χ3n) is 1.65. The zero-order valence-electron chi connectivity index (χ0n) is 7.27. The van der Waals surface area contributed by atoms with Gasteiger partial charge in [-0.25, -0.2) is 4.21 Å². The number of aliphatic hydroxyl groups excluding tert-OH is 1. The minimum Gasteiger partial charge on any atom is -0.373 e. The van der Waals surface area contributed by atoms with Gasteiger partial charge in [0.05, 0.1) is 0 Å². The van der Waals surface area contributed by atoms with Crippen molar-refractivity contribution in [3.8, 4) is 0 Å². The van der Waals surface area contributed by atoms with Crippen molar-refractivity contribution in [2.45, 2.75) is 10.3 Å². The highest BCUT2D eigenvalue weighted by atomic mass is 32.2. The van der Waals surface area contributed by atoms with E-state index in [-0.39, 0.29) is 5.56 Å². The van der Waals surface area contributed by atoms with Gasteiger partial charge in [0.2, 0.25) is 0 Å². The first-order valence-corrected chi connectivity index (χ1v) is 6.29. The predicted octanol–water partition coefficient (Wildman–Crippen LogP) is 0.146. The SMILES string of the molecule is O=S(O)C(O)c1ccccc1S(=O)(=O)O. The number of hydrogen-bond acceptors (Lipinski definition) is 4. The van der Waals surface area contributed by atoms with Gasteiger partial charge in [-0.2, -0.15) is 8.42 Å². The first kappa shape index (κ1) is 12.3. The van der Waals surface area contributed by atoms with Gasteiger partial charge in [0.1, 0.15) is 4.90 Å². The molecule has 0 radical (unpaired) electrons. The fourth-order valence-corrected chi connectivity index (χ4v) is 2.25. The van der Waals surface area contributed by atoms with Crippen LogP contribution in [0.1, 0.15) is 11.0 Å². The van der Waals surface area contributed by atoms with E-state index in [0.29, 0.717) is 0 Å². The molecule has 2 atom stereocenters. The van der Waals surface area contributed by atoms with Crippen LogP contribution in [-0.4, -0.2) is 26.8 Å². The molecule has 1 rings (SSSR count). The maximum absolute atomic E-state index is 10.8. The second kappa shape index (κ2) is 4.37. The summed E-state index contributed by atoms with van der Waals surface area (Å²) in [5, 5.41) is 9.22. The molecule has 1 aromatic rings. The van der Waals surface area contributed by atoms with Crippen LogP contribution in [0, 0.1) is 0 Å². The van der Waals surface area contributed by atoms with Crippen LogP contribution >= 0.6 is 0 Å². The topological polar surface area (TPSA) is 112 Å². The molecule has 2 unspecified atom stereocenters. The molecule has 0 heterocycles. The van der Waals surface area contributed by atoms with Crippen molar-refractivity contribution in [1.82, 2.24) is 0 Å². The van der Waals surface area contributed by atoms with Gasteiger partial charge in [0.15, 0.2) is 16.5 Å². The lowest BCUT2D eigenvalue weighted by Crippen LogP contribution is -2.10. The van der Waals surface area contributed by atoms with Crippen molar-refractivity contribution in [2.24, 2.45) is 0 Å². The van der Waals surface area contributed by atoms with Gasteiger partial charge in [-0.1, -0.05) is 18.2 Å². The van der Waals surface area contributed by atoms with E-state index in [4.69, 9.17) is 9.11 Å². The van der Waals surface area contributed by atoms with Crippen LogP contribution in [0.4, 0.5) is 0 Å². The minimum atomic E-state index is -4.52. The molecule has 6 nitrogen and oxygen atoms in total. The van der Waals surface area contributed by atoms with E-state index >= 15 is 0 Å². The molecule has 0 aliphatic heterocycles. The predicted molar refractivity (Wildman–Crippen MR) is 52.0 cm³/mol. The standard InChI is InChI=1S/C7H8O6S2/c8-7(14(9)10)5-3-1-2-4-6(5)15(11,12)13/h1-4,7-8H,(H,9,10)(H,11,12,13). The van der Waals surface area contributed by atoms with Crippen molar-refractivity contribution < 1.29 is 26.8 Å². The molecule has 84 valence electrons. The Kier molecular flexibility index (Phi) is 3.58. The zero-order chi connectivity index (χ0) is 11.6. The molecule has 0 aliphatic rings. The molecular formula is C7H8O6S2.